The van der Waals surface area contributed by atoms with E-state index in [2.05, 4.69) is 0 Å². The van der Waals surface area contributed by atoms with Gasteiger partial charge in [0.15, 0.2) is 0 Å². The Morgan fingerprint density at radius 2 is 2.12 bits per heavy atom. The fraction of sp³-hybridized carbons (Fsp3) is 0.200. The summed E-state index contributed by atoms with van der Waals surface area (Å²) in [5.74, 6) is 0.733. The predicted molar refractivity (Wildman–Crippen MR) is 69.3 cm³/mol. The molecule has 0 saturated carbocycles. The molecule has 2 aromatic heterocycles. The van der Waals surface area contributed by atoms with Crippen LogP contribution in [0.15, 0.2) is 17.5 Å². The number of thiophene rings is 2. The zero-order chi connectivity index (χ0) is 11.7. The van der Waals surface area contributed by atoms with E-state index in [-0.39, 0.29) is 0 Å². The van der Waals surface area contributed by atoms with E-state index in [1.807, 2.05) is 5.38 Å². The van der Waals surface area contributed by atoms with Crippen molar-refractivity contribution in [2.24, 2.45) is 0 Å². The summed E-state index contributed by atoms with van der Waals surface area (Å²) in [5.41, 5.74) is 0.640. The first-order valence-corrected chi connectivity index (χ1v) is 6.82. The van der Waals surface area contributed by atoms with Gasteiger partial charge in [0, 0.05) is 15.8 Å². The van der Waals surface area contributed by atoms with Crippen molar-refractivity contribution in [2.45, 2.75) is 6.10 Å². The SMILES string of the molecule is COc1csc(C(O)c2cc(Cl)sc2Cl)c1. The Kier molecular flexibility index (Phi) is 3.77. The smallest absolute Gasteiger partial charge is 0.129 e. The van der Waals surface area contributed by atoms with Crippen LogP contribution in [-0.4, -0.2) is 12.2 Å². The van der Waals surface area contributed by atoms with Crippen LogP contribution >= 0.6 is 45.9 Å². The maximum Gasteiger partial charge on any atom is 0.129 e. The molecule has 0 spiro atoms. The number of halogens is 2. The zero-order valence-corrected chi connectivity index (χ0v) is 11.4. The molecule has 2 aromatic rings. The second-order valence-corrected chi connectivity index (χ2v) is 6.30. The van der Waals surface area contributed by atoms with Crippen molar-refractivity contribution < 1.29 is 9.84 Å². The van der Waals surface area contributed by atoms with E-state index in [1.54, 1.807) is 19.2 Å². The molecule has 2 nitrogen and oxygen atoms in total. The fourth-order valence-corrected chi connectivity index (χ4v) is 3.65. The topological polar surface area (TPSA) is 29.5 Å². The van der Waals surface area contributed by atoms with Crippen LogP contribution in [0, 0.1) is 0 Å². The summed E-state index contributed by atoms with van der Waals surface area (Å²) in [4.78, 5) is 0.785. The summed E-state index contributed by atoms with van der Waals surface area (Å²) in [6.45, 7) is 0. The molecule has 1 unspecified atom stereocenters. The van der Waals surface area contributed by atoms with Gasteiger partial charge in [0.05, 0.1) is 11.4 Å². The Balaban J connectivity index is 2.31. The van der Waals surface area contributed by atoms with Crippen LogP contribution in [0.25, 0.3) is 0 Å². The molecule has 0 aliphatic rings. The van der Waals surface area contributed by atoms with Crippen molar-refractivity contribution in [3.05, 3.63) is 36.6 Å². The summed E-state index contributed by atoms with van der Waals surface area (Å²) in [6.07, 6.45) is -0.745. The van der Waals surface area contributed by atoms with E-state index >= 15 is 0 Å². The largest absolute Gasteiger partial charge is 0.496 e. The maximum atomic E-state index is 10.1. The van der Waals surface area contributed by atoms with Crippen LogP contribution < -0.4 is 4.74 Å². The minimum absolute atomic E-state index is 0.518. The van der Waals surface area contributed by atoms with Crippen molar-refractivity contribution in [3.63, 3.8) is 0 Å². The van der Waals surface area contributed by atoms with E-state index in [4.69, 9.17) is 27.9 Å². The van der Waals surface area contributed by atoms with Crippen molar-refractivity contribution in [1.82, 2.24) is 0 Å². The van der Waals surface area contributed by atoms with Crippen LogP contribution in [0.4, 0.5) is 0 Å². The van der Waals surface area contributed by atoms with Crippen molar-refractivity contribution >= 4 is 45.9 Å². The van der Waals surface area contributed by atoms with Gasteiger partial charge in [-0.3, -0.25) is 0 Å². The number of methoxy groups -OCH3 is 1. The van der Waals surface area contributed by atoms with E-state index in [0.717, 1.165) is 10.6 Å². The molecule has 86 valence electrons. The Bertz CT molecular complexity index is 493. The van der Waals surface area contributed by atoms with Gasteiger partial charge in [-0.05, 0) is 12.1 Å². The van der Waals surface area contributed by atoms with E-state index < -0.39 is 6.10 Å². The number of aliphatic hydroxyl groups excluding tert-OH is 1. The molecule has 2 heterocycles. The number of hydrogen-bond donors (Lipinski definition) is 1. The number of hydrogen-bond acceptors (Lipinski definition) is 4. The van der Waals surface area contributed by atoms with E-state index in [1.165, 1.54) is 22.7 Å². The van der Waals surface area contributed by atoms with E-state index in [9.17, 15) is 5.11 Å². The summed E-state index contributed by atoms with van der Waals surface area (Å²) < 4.78 is 6.15. The molecule has 0 fully saturated rings. The first kappa shape index (κ1) is 12.2. The van der Waals surface area contributed by atoms with Gasteiger partial charge in [-0.2, -0.15) is 0 Å². The highest BCUT2D eigenvalue weighted by Crippen LogP contribution is 2.39. The lowest BCUT2D eigenvalue weighted by Crippen LogP contribution is -1.95. The molecule has 0 saturated heterocycles. The molecule has 0 aliphatic heterocycles. The highest BCUT2D eigenvalue weighted by molar-refractivity contribution is 7.20. The molecule has 0 aliphatic carbocycles. The maximum absolute atomic E-state index is 10.1. The Morgan fingerprint density at radius 3 is 2.62 bits per heavy atom. The third-order valence-electron chi connectivity index (χ3n) is 2.08. The molecule has 0 bridgehead atoms. The summed E-state index contributed by atoms with van der Waals surface area (Å²) in [7, 11) is 1.59. The summed E-state index contributed by atoms with van der Waals surface area (Å²) in [5, 5.41) is 11.9. The third-order valence-corrected chi connectivity index (χ3v) is 4.56. The Labute approximate surface area is 111 Å². The highest BCUT2D eigenvalue weighted by atomic mass is 35.5. The van der Waals surface area contributed by atoms with Crippen LogP contribution in [0.1, 0.15) is 16.5 Å². The number of rotatable bonds is 3. The zero-order valence-electron chi connectivity index (χ0n) is 8.24. The minimum atomic E-state index is -0.745. The monoisotopic (exact) mass is 294 g/mol. The molecular formula is C10H8Cl2O2S2. The lowest BCUT2D eigenvalue weighted by molar-refractivity contribution is 0.224. The van der Waals surface area contributed by atoms with Gasteiger partial charge in [0.2, 0.25) is 0 Å². The first-order valence-electron chi connectivity index (χ1n) is 4.37. The van der Waals surface area contributed by atoms with Crippen molar-refractivity contribution in [3.8, 4) is 5.75 Å². The lowest BCUT2D eigenvalue weighted by Gasteiger charge is -2.06. The predicted octanol–water partition coefficient (Wildman–Crippen LogP) is 4.21. The van der Waals surface area contributed by atoms with Gasteiger partial charge in [0.25, 0.3) is 0 Å². The first-order chi connectivity index (χ1) is 7.61. The average Bonchev–Trinajstić information content (AvgIpc) is 2.84. The molecule has 16 heavy (non-hydrogen) atoms. The number of ether oxygens (including phenoxy) is 1. The molecular weight excluding hydrogens is 287 g/mol. The van der Waals surface area contributed by atoms with Gasteiger partial charge < -0.3 is 9.84 Å². The van der Waals surface area contributed by atoms with Gasteiger partial charge in [-0.15, -0.1) is 22.7 Å². The van der Waals surface area contributed by atoms with Gasteiger partial charge >= 0.3 is 0 Å². The second-order valence-electron chi connectivity index (χ2n) is 3.07. The van der Waals surface area contributed by atoms with Gasteiger partial charge in [-0.25, -0.2) is 0 Å². The molecule has 0 radical (unpaired) electrons. The molecule has 6 heteroatoms. The van der Waals surface area contributed by atoms with E-state index in [0.29, 0.717) is 14.2 Å². The minimum Gasteiger partial charge on any atom is -0.496 e. The quantitative estimate of drug-likeness (QED) is 0.919. The number of aliphatic hydroxyl groups is 1. The molecule has 1 atom stereocenters. The standard InChI is InChI=1S/C10H8Cl2O2S2/c1-14-5-2-7(15-4-5)9(13)6-3-8(11)16-10(6)12/h2-4,9,13H,1H3. The normalized spacial score (nSPS) is 12.8. The second kappa shape index (κ2) is 4.94. The lowest BCUT2D eigenvalue weighted by atomic mass is 10.1. The summed E-state index contributed by atoms with van der Waals surface area (Å²) in [6, 6.07) is 3.47. The van der Waals surface area contributed by atoms with Crippen molar-refractivity contribution in [2.75, 3.05) is 7.11 Å². The van der Waals surface area contributed by atoms with Crippen molar-refractivity contribution in [1.29, 1.82) is 0 Å². The van der Waals surface area contributed by atoms with Crippen LogP contribution in [0.5, 0.6) is 5.75 Å². The fourth-order valence-electron chi connectivity index (χ4n) is 1.28. The molecule has 2 rings (SSSR count). The molecule has 0 amide bonds. The van der Waals surface area contributed by atoms with Gasteiger partial charge in [-0.1, -0.05) is 23.2 Å². The average molecular weight is 295 g/mol. The Morgan fingerprint density at radius 1 is 1.38 bits per heavy atom. The summed E-state index contributed by atoms with van der Waals surface area (Å²) >= 11 is 14.5. The molecule has 1 N–H and O–H groups in total. The van der Waals surface area contributed by atoms with Crippen LogP contribution in [0.2, 0.25) is 8.67 Å². The highest BCUT2D eigenvalue weighted by Gasteiger charge is 2.18. The van der Waals surface area contributed by atoms with Gasteiger partial charge in [0.1, 0.15) is 16.2 Å². The molecule has 0 aromatic carbocycles. The third kappa shape index (κ3) is 2.36. The van der Waals surface area contributed by atoms with Crippen LogP contribution in [0.3, 0.4) is 0 Å². The Hall–Kier alpha value is -0.260. The van der Waals surface area contributed by atoms with Crippen LogP contribution in [-0.2, 0) is 0 Å².